The standard InChI is InChI=1S/C27H32BrNO4/c1-26(2)20-14-22(28)27(3,15-21(20)26)33-24-23(16-6-10-18(31-4)11-7-16)29(25(24)30)17-8-12-19(32-5)13-9-17/h6-13,20-24H,14-15H2,1-5H3/t20-,21+,22-,23-,24+,27-/m1/s1. The molecule has 3 aliphatic rings. The summed E-state index contributed by atoms with van der Waals surface area (Å²) in [5.74, 6) is 2.95. The number of hydrogen-bond donors (Lipinski definition) is 0. The third kappa shape index (κ3) is 3.66. The van der Waals surface area contributed by atoms with Crippen molar-refractivity contribution in [3.8, 4) is 11.5 Å². The van der Waals surface area contributed by atoms with Crippen LogP contribution in [0.25, 0.3) is 0 Å². The highest BCUT2D eigenvalue weighted by Crippen LogP contribution is 2.68. The van der Waals surface area contributed by atoms with Gasteiger partial charge in [0.2, 0.25) is 0 Å². The van der Waals surface area contributed by atoms with Crippen molar-refractivity contribution in [2.75, 3.05) is 19.1 Å². The lowest BCUT2D eigenvalue weighted by molar-refractivity contribution is -0.164. The maximum atomic E-state index is 13.5. The molecule has 2 aromatic rings. The number of methoxy groups -OCH3 is 2. The van der Waals surface area contributed by atoms with Crippen LogP contribution < -0.4 is 14.4 Å². The molecule has 0 spiro atoms. The fourth-order valence-electron chi connectivity index (χ4n) is 5.91. The lowest BCUT2D eigenvalue weighted by atomic mass is 9.84. The first-order valence-electron chi connectivity index (χ1n) is 11.6. The second kappa shape index (κ2) is 8.02. The summed E-state index contributed by atoms with van der Waals surface area (Å²) in [4.78, 5) is 15.6. The van der Waals surface area contributed by atoms with E-state index in [0.717, 1.165) is 41.5 Å². The molecule has 5 rings (SSSR count). The van der Waals surface area contributed by atoms with Crippen LogP contribution in [0.5, 0.6) is 11.5 Å². The molecule has 0 bridgehead atoms. The van der Waals surface area contributed by atoms with Gasteiger partial charge in [-0.2, -0.15) is 0 Å². The SMILES string of the molecule is COc1ccc([C@@H]2[C@H](O[C@]3(C)C[C@H]4[C@@H](C[C@H]3Br)C4(C)C)C(=O)N2c2ccc(OC)cc2)cc1. The van der Waals surface area contributed by atoms with E-state index in [1.807, 2.05) is 53.4 Å². The third-order valence-corrected chi connectivity index (χ3v) is 9.63. The number of benzene rings is 2. The van der Waals surface area contributed by atoms with Gasteiger partial charge in [0.15, 0.2) is 6.10 Å². The van der Waals surface area contributed by atoms with E-state index >= 15 is 0 Å². The van der Waals surface area contributed by atoms with Gasteiger partial charge < -0.3 is 14.2 Å². The number of fused-ring (bicyclic) bond motifs is 1. The van der Waals surface area contributed by atoms with E-state index in [4.69, 9.17) is 14.2 Å². The van der Waals surface area contributed by atoms with Gasteiger partial charge in [-0.1, -0.05) is 41.9 Å². The molecular formula is C27H32BrNO4. The summed E-state index contributed by atoms with van der Waals surface area (Å²) < 4.78 is 17.4. The molecule has 5 nitrogen and oxygen atoms in total. The highest BCUT2D eigenvalue weighted by molar-refractivity contribution is 9.09. The lowest BCUT2D eigenvalue weighted by Crippen LogP contribution is -2.63. The van der Waals surface area contributed by atoms with Gasteiger partial charge in [0.25, 0.3) is 5.91 Å². The van der Waals surface area contributed by atoms with Gasteiger partial charge in [0, 0.05) is 10.5 Å². The van der Waals surface area contributed by atoms with Gasteiger partial charge in [-0.25, -0.2) is 0 Å². The van der Waals surface area contributed by atoms with Crippen LogP contribution in [0.1, 0.15) is 45.2 Å². The van der Waals surface area contributed by atoms with E-state index < -0.39 is 6.10 Å². The van der Waals surface area contributed by atoms with Crippen LogP contribution in [0.4, 0.5) is 5.69 Å². The Hall–Kier alpha value is -2.05. The zero-order valence-electron chi connectivity index (χ0n) is 19.9. The normalized spacial score (nSPS) is 34.3. The highest BCUT2D eigenvalue weighted by Gasteiger charge is 2.65. The number of hydrogen-bond acceptors (Lipinski definition) is 4. The summed E-state index contributed by atoms with van der Waals surface area (Å²) in [5, 5.41) is 0. The minimum atomic E-state index is -0.524. The molecule has 1 heterocycles. The van der Waals surface area contributed by atoms with Crippen LogP contribution in [0.15, 0.2) is 48.5 Å². The number of rotatable bonds is 6. The van der Waals surface area contributed by atoms with Crippen molar-refractivity contribution in [2.45, 2.75) is 56.2 Å². The molecule has 176 valence electrons. The van der Waals surface area contributed by atoms with Crippen LogP contribution in [0.3, 0.4) is 0 Å². The quantitative estimate of drug-likeness (QED) is 0.363. The fourth-order valence-corrected chi connectivity index (χ4v) is 6.61. The molecule has 1 amide bonds. The number of carbonyl (C=O) groups is 1. The molecule has 1 aliphatic heterocycles. The third-order valence-electron chi connectivity index (χ3n) is 8.29. The first kappa shape index (κ1) is 22.7. The number of carbonyl (C=O) groups excluding carboxylic acids is 1. The Labute approximate surface area is 204 Å². The predicted octanol–water partition coefficient (Wildman–Crippen LogP) is 5.77. The number of amides is 1. The number of halogens is 1. The van der Waals surface area contributed by atoms with Gasteiger partial charge in [-0.15, -0.1) is 0 Å². The average molecular weight is 514 g/mol. The number of ether oxygens (including phenoxy) is 3. The Balaban J connectivity index is 1.44. The summed E-state index contributed by atoms with van der Waals surface area (Å²) in [6, 6.07) is 15.4. The Morgan fingerprint density at radius 2 is 1.48 bits per heavy atom. The van der Waals surface area contributed by atoms with Gasteiger partial charge in [-0.05, 0) is 79.0 Å². The first-order chi connectivity index (χ1) is 15.7. The largest absolute Gasteiger partial charge is 0.497 e. The maximum Gasteiger partial charge on any atom is 0.259 e. The summed E-state index contributed by atoms with van der Waals surface area (Å²) in [5.41, 5.74) is 1.85. The molecule has 33 heavy (non-hydrogen) atoms. The molecular weight excluding hydrogens is 482 g/mol. The van der Waals surface area contributed by atoms with Crippen molar-refractivity contribution in [3.63, 3.8) is 0 Å². The van der Waals surface area contributed by atoms with E-state index in [0.29, 0.717) is 11.3 Å². The molecule has 0 aromatic heterocycles. The van der Waals surface area contributed by atoms with Crippen LogP contribution >= 0.6 is 15.9 Å². The number of nitrogens with zero attached hydrogens (tertiary/aromatic N) is 1. The number of β-lactam (4-membered cyclic amide) rings is 1. The topological polar surface area (TPSA) is 48.0 Å². The Kier molecular flexibility index (Phi) is 5.52. The zero-order chi connectivity index (χ0) is 23.5. The average Bonchev–Trinajstić information content (AvgIpc) is 3.34. The minimum Gasteiger partial charge on any atom is -0.497 e. The van der Waals surface area contributed by atoms with Crippen molar-refractivity contribution in [1.29, 1.82) is 0 Å². The van der Waals surface area contributed by atoms with Gasteiger partial charge in [0.1, 0.15) is 11.5 Å². The van der Waals surface area contributed by atoms with Gasteiger partial charge >= 0.3 is 0 Å². The number of alkyl halides is 1. The second-order valence-corrected chi connectivity index (χ2v) is 11.5. The van der Waals surface area contributed by atoms with Crippen molar-refractivity contribution in [3.05, 3.63) is 54.1 Å². The molecule has 0 N–H and O–H groups in total. The zero-order valence-corrected chi connectivity index (χ0v) is 21.5. The maximum absolute atomic E-state index is 13.5. The molecule has 0 radical (unpaired) electrons. The Morgan fingerprint density at radius 3 is 2.06 bits per heavy atom. The molecule has 2 aliphatic carbocycles. The molecule has 2 saturated carbocycles. The van der Waals surface area contributed by atoms with Crippen molar-refractivity contribution in [1.82, 2.24) is 0 Å². The molecule has 0 unspecified atom stereocenters. The van der Waals surface area contributed by atoms with Gasteiger partial charge in [0.05, 0.1) is 25.9 Å². The predicted molar refractivity (Wildman–Crippen MR) is 132 cm³/mol. The minimum absolute atomic E-state index is 0.000842. The summed E-state index contributed by atoms with van der Waals surface area (Å²) in [6.45, 7) is 6.88. The molecule has 2 aromatic carbocycles. The Bertz CT molecular complexity index is 1040. The smallest absolute Gasteiger partial charge is 0.259 e. The molecule has 1 saturated heterocycles. The number of anilines is 1. The van der Waals surface area contributed by atoms with Gasteiger partial charge in [-0.3, -0.25) is 9.69 Å². The summed E-state index contributed by atoms with van der Waals surface area (Å²) in [6.07, 6.45) is 1.54. The van der Waals surface area contributed by atoms with Crippen molar-refractivity contribution in [2.24, 2.45) is 17.3 Å². The van der Waals surface area contributed by atoms with E-state index in [1.165, 1.54) is 0 Å². The molecule has 6 atom stereocenters. The van der Waals surface area contributed by atoms with Crippen LogP contribution in [-0.2, 0) is 9.53 Å². The van der Waals surface area contributed by atoms with Crippen LogP contribution in [0, 0.1) is 17.3 Å². The summed E-state index contributed by atoms with van der Waals surface area (Å²) in [7, 11) is 3.30. The lowest BCUT2D eigenvalue weighted by Gasteiger charge is -2.51. The molecule has 3 fully saturated rings. The van der Waals surface area contributed by atoms with E-state index in [-0.39, 0.29) is 22.4 Å². The Morgan fingerprint density at radius 1 is 0.909 bits per heavy atom. The van der Waals surface area contributed by atoms with E-state index in [1.54, 1.807) is 14.2 Å². The molecule has 6 heteroatoms. The summed E-state index contributed by atoms with van der Waals surface area (Å²) >= 11 is 3.92. The van der Waals surface area contributed by atoms with Crippen LogP contribution in [-0.4, -0.2) is 36.7 Å². The van der Waals surface area contributed by atoms with E-state index in [2.05, 4.69) is 36.7 Å². The van der Waals surface area contributed by atoms with Crippen molar-refractivity contribution < 1.29 is 19.0 Å². The fraction of sp³-hybridized carbons (Fsp3) is 0.519. The van der Waals surface area contributed by atoms with Crippen molar-refractivity contribution >= 4 is 27.5 Å². The monoisotopic (exact) mass is 513 g/mol. The second-order valence-electron chi connectivity index (χ2n) is 10.4. The first-order valence-corrected chi connectivity index (χ1v) is 12.5. The van der Waals surface area contributed by atoms with E-state index in [9.17, 15) is 4.79 Å². The highest BCUT2D eigenvalue weighted by atomic mass is 79.9. The van der Waals surface area contributed by atoms with Crippen LogP contribution in [0.2, 0.25) is 0 Å².